The maximum atomic E-state index is 12.5. The molecule has 0 aromatic carbocycles. The summed E-state index contributed by atoms with van der Waals surface area (Å²) in [6, 6.07) is 0. The summed E-state index contributed by atoms with van der Waals surface area (Å²) in [5, 5.41) is 4.14. The topological polar surface area (TPSA) is 38.1 Å². The zero-order valence-electron chi connectivity index (χ0n) is 12.4. The monoisotopic (exact) mass is 263 g/mol. The summed E-state index contributed by atoms with van der Waals surface area (Å²) in [6.45, 7) is 6.27. The Morgan fingerprint density at radius 1 is 1.32 bits per heavy atom. The normalized spacial score (nSPS) is 17.6. The summed E-state index contributed by atoms with van der Waals surface area (Å²) in [5.41, 5.74) is 0.827. The first kappa shape index (κ1) is 14.3. The van der Waals surface area contributed by atoms with Gasteiger partial charge in [-0.05, 0) is 51.8 Å². The van der Waals surface area contributed by atoms with Gasteiger partial charge in [0, 0.05) is 19.7 Å². The van der Waals surface area contributed by atoms with Crippen molar-refractivity contribution >= 4 is 5.78 Å². The number of rotatable bonds is 5. The predicted octanol–water partition coefficient (Wildman–Crippen LogP) is 2.19. The Hall–Kier alpha value is -1.16. The molecule has 0 aliphatic carbocycles. The second kappa shape index (κ2) is 5.87. The number of hydrogen-bond acceptors (Lipinski definition) is 3. The summed E-state index contributed by atoms with van der Waals surface area (Å²) >= 11 is 0. The fourth-order valence-corrected chi connectivity index (χ4v) is 2.79. The Morgan fingerprint density at radius 3 is 2.58 bits per heavy atom. The van der Waals surface area contributed by atoms with Gasteiger partial charge < -0.3 is 0 Å². The van der Waals surface area contributed by atoms with Gasteiger partial charge in [0.05, 0.1) is 11.7 Å². The number of aromatic nitrogens is 2. The summed E-state index contributed by atoms with van der Waals surface area (Å²) in [4.78, 5) is 14.8. The molecule has 2 heterocycles. The summed E-state index contributed by atoms with van der Waals surface area (Å²) < 4.78 is 1.79. The lowest BCUT2D eigenvalue weighted by Crippen LogP contribution is -2.52. The molecule has 1 aromatic heterocycles. The van der Waals surface area contributed by atoms with Gasteiger partial charge in [0.2, 0.25) is 0 Å². The number of aryl methyl sites for hydroxylation is 2. The van der Waals surface area contributed by atoms with Crippen LogP contribution in [0, 0.1) is 0 Å². The van der Waals surface area contributed by atoms with Crippen LogP contribution in [-0.4, -0.2) is 39.1 Å². The molecule has 0 N–H and O–H groups in total. The molecule has 1 aliphatic rings. The molecule has 4 heteroatoms. The minimum absolute atomic E-state index is 0.317. The number of likely N-dealkylation sites (tertiary alicyclic amines) is 1. The number of ketones is 1. The van der Waals surface area contributed by atoms with Crippen molar-refractivity contribution in [3.05, 3.63) is 18.0 Å². The quantitative estimate of drug-likeness (QED) is 0.817. The molecule has 0 atom stereocenters. The number of Topliss-reactive ketones (excluding diaryl/α,β-unsaturated/α-hetero) is 1. The molecule has 1 aromatic rings. The largest absolute Gasteiger partial charge is 0.298 e. The lowest BCUT2D eigenvalue weighted by molar-refractivity contribution is -0.130. The molecule has 4 nitrogen and oxygen atoms in total. The van der Waals surface area contributed by atoms with Crippen molar-refractivity contribution in [3.63, 3.8) is 0 Å². The van der Waals surface area contributed by atoms with Crippen LogP contribution in [0.4, 0.5) is 0 Å². The molecule has 0 amide bonds. The fourth-order valence-electron chi connectivity index (χ4n) is 2.79. The first-order chi connectivity index (χ1) is 9.00. The molecule has 0 saturated carbocycles. The zero-order chi connectivity index (χ0) is 13.9. The lowest BCUT2D eigenvalue weighted by atomic mass is 9.90. The molecule has 0 unspecified atom stereocenters. The van der Waals surface area contributed by atoms with E-state index in [1.165, 1.54) is 19.3 Å². The maximum Gasteiger partial charge on any atom is 0.152 e. The molecule has 0 spiro atoms. The second-order valence-corrected chi connectivity index (χ2v) is 6.05. The number of carbonyl (C=O) groups excluding carboxylic acids is 1. The van der Waals surface area contributed by atoms with Crippen molar-refractivity contribution in [3.8, 4) is 0 Å². The average Bonchev–Trinajstić information content (AvgIpc) is 2.82. The molecule has 19 heavy (non-hydrogen) atoms. The Morgan fingerprint density at radius 2 is 2.00 bits per heavy atom. The van der Waals surface area contributed by atoms with Crippen LogP contribution in [0.5, 0.6) is 0 Å². The Balaban J connectivity index is 1.90. The van der Waals surface area contributed by atoms with Gasteiger partial charge >= 0.3 is 0 Å². The summed E-state index contributed by atoms with van der Waals surface area (Å²) in [5.74, 6) is 0.346. The van der Waals surface area contributed by atoms with Gasteiger partial charge in [0.25, 0.3) is 0 Å². The smallest absolute Gasteiger partial charge is 0.152 e. The van der Waals surface area contributed by atoms with Crippen molar-refractivity contribution in [1.29, 1.82) is 0 Å². The SMILES string of the molecule is Cn1cc(CCC(=O)C(C)(C)N2CCCCC2)cn1. The molecular weight excluding hydrogens is 238 g/mol. The van der Waals surface area contributed by atoms with Crippen LogP contribution in [0.3, 0.4) is 0 Å². The highest BCUT2D eigenvalue weighted by atomic mass is 16.1. The van der Waals surface area contributed by atoms with Crippen molar-refractivity contribution < 1.29 is 4.79 Å². The maximum absolute atomic E-state index is 12.5. The fraction of sp³-hybridized carbons (Fsp3) is 0.733. The molecule has 0 bridgehead atoms. The number of carbonyl (C=O) groups is 1. The molecule has 0 radical (unpaired) electrons. The molecule has 106 valence electrons. The van der Waals surface area contributed by atoms with E-state index in [4.69, 9.17) is 0 Å². The number of nitrogens with zero attached hydrogens (tertiary/aromatic N) is 3. The minimum Gasteiger partial charge on any atom is -0.298 e. The van der Waals surface area contributed by atoms with Crippen LogP contribution >= 0.6 is 0 Å². The third kappa shape index (κ3) is 3.44. The molecule has 1 fully saturated rings. The van der Waals surface area contributed by atoms with E-state index in [0.717, 1.165) is 25.1 Å². The van der Waals surface area contributed by atoms with E-state index in [9.17, 15) is 4.79 Å². The van der Waals surface area contributed by atoms with Crippen molar-refractivity contribution in [2.45, 2.75) is 51.5 Å². The van der Waals surface area contributed by atoms with Gasteiger partial charge in [-0.15, -0.1) is 0 Å². The van der Waals surface area contributed by atoms with Gasteiger partial charge in [-0.3, -0.25) is 14.4 Å². The molecule has 1 saturated heterocycles. The van der Waals surface area contributed by atoms with Gasteiger partial charge in [-0.2, -0.15) is 5.10 Å². The highest BCUT2D eigenvalue weighted by molar-refractivity contribution is 5.87. The summed E-state index contributed by atoms with van der Waals surface area (Å²) in [7, 11) is 1.91. The van der Waals surface area contributed by atoms with Crippen LogP contribution in [0.1, 0.15) is 45.1 Å². The van der Waals surface area contributed by atoms with Crippen LogP contribution < -0.4 is 0 Å². The Labute approximate surface area is 115 Å². The van der Waals surface area contributed by atoms with Crippen molar-refractivity contribution in [2.75, 3.05) is 13.1 Å². The third-order valence-electron chi connectivity index (χ3n) is 4.23. The first-order valence-corrected chi connectivity index (χ1v) is 7.26. The zero-order valence-corrected chi connectivity index (χ0v) is 12.4. The van der Waals surface area contributed by atoms with Crippen molar-refractivity contribution in [1.82, 2.24) is 14.7 Å². The van der Waals surface area contributed by atoms with Crippen LogP contribution in [-0.2, 0) is 18.3 Å². The molecular formula is C15H25N3O. The minimum atomic E-state index is -0.317. The van der Waals surface area contributed by atoms with Crippen LogP contribution in [0.2, 0.25) is 0 Å². The predicted molar refractivity (Wildman–Crippen MR) is 76.0 cm³/mol. The highest BCUT2D eigenvalue weighted by Crippen LogP contribution is 2.23. The van der Waals surface area contributed by atoms with E-state index < -0.39 is 0 Å². The number of piperidine rings is 1. The van der Waals surface area contributed by atoms with Gasteiger partial charge in [-0.1, -0.05) is 6.42 Å². The van der Waals surface area contributed by atoms with Gasteiger partial charge in [-0.25, -0.2) is 0 Å². The Kier molecular flexibility index (Phi) is 4.40. The van der Waals surface area contributed by atoms with E-state index in [2.05, 4.69) is 23.8 Å². The second-order valence-electron chi connectivity index (χ2n) is 6.05. The lowest BCUT2D eigenvalue weighted by Gasteiger charge is -2.39. The van der Waals surface area contributed by atoms with Gasteiger partial charge in [0.1, 0.15) is 0 Å². The standard InChI is InChI=1S/C15H25N3O/c1-15(2,18-9-5-4-6-10-18)14(19)8-7-13-11-16-17(3)12-13/h11-12H,4-10H2,1-3H3. The number of hydrogen-bond donors (Lipinski definition) is 0. The average molecular weight is 263 g/mol. The van der Waals surface area contributed by atoms with Crippen molar-refractivity contribution in [2.24, 2.45) is 7.05 Å². The Bertz CT molecular complexity index is 430. The molecule has 1 aliphatic heterocycles. The van der Waals surface area contributed by atoms with E-state index in [1.54, 1.807) is 4.68 Å². The highest BCUT2D eigenvalue weighted by Gasteiger charge is 2.34. The molecule has 2 rings (SSSR count). The summed E-state index contributed by atoms with van der Waals surface area (Å²) in [6.07, 6.45) is 8.98. The first-order valence-electron chi connectivity index (χ1n) is 7.26. The third-order valence-corrected chi connectivity index (χ3v) is 4.23. The van der Waals surface area contributed by atoms with E-state index in [1.807, 2.05) is 19.4 Å². The van der Waals surface area contributed by atoms with E-state index >= 15 is 0 Å². The van der Waals surface area contributed by atoms with Crippen LogP contribution in [0.15, 0.2) is 12.4 Å². The van der Waals surface area contributed by atoms with E-state index in [-0.39, 0.29) is 5.54 Å². The van der Waals surface area contributed by atoms with Crippen LogP contribution in [0.25, 0.3) is 0 Å². The van der Waals surface area contributed by atoms with E-state index in [0.29, 0.717) is 12.2 Å². The van der Waals surface area contributed by atoms with Gasteiger partial charge in [0.15, 0.2) is 5.78 Å².